The number of fused-ring (bicyclic) bond motifs is 1. The van der Waals surface area contributed by atoms with Crippen molar-refractivity contribution in [3.8, 4) is 0 Å². The van der Waals surface area contributed by atoms with Gasteiger partial charge in [0, 0.05) is 19.2 Å². The molecule has 5 rings (SSSR count). The molecule has 0 unspecified atom stereocenters. The standard InChI is InChI=1S/C20H21ClN4/c21-19-17(22-12-15-11-16(15)14-4-2-1-3-5-14)8-9-25-18(10-13-6-7-13)23-24-20(19)25/h1-5,8-9,13,15-16,22H,6-7,10-12H2/t15-,16-/m0/s1. The molecule has 2 atom stereocenters. The second-order valence-electron chi connectivity index (χ2n) is 7.39. The molecule has 3 aromatic rings. The minimum atomic E-state index is 0.675. The van der Waals surface area contributed by atoms with Gasteiger partial charge in [0.05, 0.1) is 5.69 Å². The van der Waals surface area contributed by atoms with Crippen LogP contribution in [0.15, 0.2) is 42.6 Å². The molecule has 0 spiro atoms. The molecule has 25 heavy (non-hydrogen) atoms. The summed E-state index contributed by atoms with van der Waals surface area (Å²) in [5, 5.41) is 12.8. The maximum atomic E-state index is 6.58. The van der Waals surface area contributed by atoms with E-state index >= 15 is 0 Å². The van der Waals surface area contributed by atoms with Gasteiger partial charge in [-0.05, 0) is 48.6 Å². The highest BCUT2D eigenvalue weighted by molar-refractivity contribution is 6.36. The molecule has 5 heteroatoms. The molecule has 4 nitrogen and oxygen atoms in total. The molecule has 2 fully saturated rings. The third-order valence-electron chi connectivity index (χ3n) is 5.46. The highest BCUT2D eigenvalue weighted by Gasteiger charge is 2.37. The zero-order chi connectivity index (χ0) is 16.8. The van der Waals surface area contributed by atoms with Crippen LogP contribution >= 0.6 is 11.6 Å². The molecule has 2 aromatic heterocycles. The van der Waals surface area contributed by atoms with E-state index in [9.17, 15) is 0 Å². The van der Waals surface area contributed by atoms with Crippen molar-refractivity contribution in [3.05, 3.63) is 59.0 Å². The van der Waals surface area contributed by atoms with E-state index in [0.29, 0.717) is 16.9 Å². The number of halogens is 1. The number of nitrogens with one attached hydrogen (secondary N) is 1. The summed E-state index contributed by atoms with van der Waals surface area (Å²) < 4.78 is 2.04. The van der Waals surface area contributed by atoms with E-state index in [1.165, 1.54) is 24.8 Å². The van der Waals surface area contributed by atoms with Crippen LogP contribution in [0.4, 0.5) is 5.69 Å². The van der Waals surface area contributed by atoms with Crippen LogP contribution in [-0.4, -0.2) is 21.1 Å². The molecule has 1 aromatic carbocycles. The minimum absolute atomic E-state index is 0.675. The van der Waals surface area contributed by atoms with Crippen LogP contribution in [0, 0.1) is 11.8 Å². The first-order valence-corrected chi connectivity index (χ1v) is 9.48. The second kappa shape index (κ2) is 6.03. The predicted molar refractivity (Wildman–Crippen MR) is 100 cm³/mol. The Bertz CT molecular complexity index is 901. The fraction of sp³-hybridized carbons (Fsp3) is 0.400. The maximum Gasteiger partial charge on any atom is 0.181 e. The van der Waals surface area contributed by atoms with Crippen molar-refractivity contribution in [2.24, 2.45) is 11.8 Å². The first kappa shape index (κ1) is 15.2. The Kier molecular flexibility index (Phi) is 3.66. The van der Waals surface area contributed by atoms with Gasteiger partial charge in [-0.15, -0.1) is 10.2 Å². The van der Waals surface area contributed by atoms with Crippen LogP contribution in [-0.2, 0) is 6.42 Å². The van der Waals surface area contributed by atoms with Gasteiger partial charge in [-0.25, -0.2) is 0 Å². The number of anilines is 1. The zero-order valence-corrected chi connectivity index (χ0v) is 14.8. The molecule has 2 aliphatic carbocycles. The zero-order valence-electron chi connectivity index (χ0n) is 14.0. The fourth-order valence-electron chi connectivity index (χ4n) is 3.65. The summed E-state index contributed by atoms with van der Waals surface area (Å²) in [6.07, 6.45) is 6.92. The Morgan fingerprint density at radius 2 is 1.96 bits per heavy atom. The first-order chi connectivity index (χ1) is 12.3. The van der Waals surface area contributed by atoms with Crippen molar-refractivity contribution < 1.29 is 0 Å². The number of nitrogens with zero attached hydrogens (tertiary/aromatic N) is 3. The van der Waals surface area contributed by atoms with Crippen LogP contribution in [0.3, 0.4) is 0 Å². The number of rotatable bonds is 6. The van der Waals surface area contributed by atoms with Crippen molar-refractivity contribution in [2.75, 3.05) is 11.9 Å². The van der Waals surface area contributed by atoms with Crippen LogP contribution in [0.25, 0.3) is 5.65 Å². The van der Waals surface area contributed by atoms with Gasteiger partial charge in [-0.2, -0.15) is 0 Å². The molecule has 0 saturated heterocycles. The molecule has 128 valence electrons. The van der Waals surface area contributed by atoms with Gasteiger partial charge in [-0.3, -0.25) is 4.40 Å². The Morgan fingerprint density at radius 1 is 1.12 bits per heavy atom. The SMILES string of the molecule is Clc1c(NC[C@@H]2C[C@H]2c2ccccc2)ccn2c(CC3CC3)nnc12. The molecule has 2 heterocycles. The molecule has 2 aliphatic rings. The molecule has 0 aliphatic heterocycles. The molecule has 0 bridgehead atoms. The highest BCUT2D eigenvalue weighted by Crippen LogP contribution is 2.47. The van der Waals surface area contributed by atoms with Gasteiger partial charge in [0.25, 0.3) is 0 Å². The van der Waals surface area contributed by atoms with E-state index in [1.54, 1.807) is 0 Å². The monoisotopic (exact) mass is 352 g/mol. The highest BCUT2D eigenvalue weighted by atomic mass is 35.5. The summed E-state index contributed by atoms with van der Waals surface area (Å²) in [4.78, 5) is 0. The van der Waals surface area contributed by atoms with Gasteiger partial charge in [0.2, 0.25) is 0 Å². The summed E-state index contributed by atoms with van der Waals surface area (Å²) in [5.41, 5.74) is 3.16. The van der Waals surface area contributed by atoms with Gasteiger partial charge >= 0.3 is 0 Å². The fourth-order valence-corrected chi connectivity index (χ4v) is 3.91. The number of pyridine rings is 1. The largest absolute Gasteiger partial charge is 0.383 e. The van der Waals surface area contributed by atoms with E-state index in [1.807, 2.05) is 10.6 Å². The van der Waals surface area contributed by atoms with Crippen LogP contribution in [0.1, 0.15) is 36.6 Å². The second-order valence-corrected chi connectivity index (χ2v) is 7.77. The third-order valence-corrected chi connectivity index (χ3v) is 5.84. The number of benzene rings is 1. The molecular weight excluding hydrogens is 332 g/mol. The minimum Gasteiger partial charge on any atom is -0.383 e. The summed E-state index contributed by atoms with van der Waals surface area (Å²) in [7, 11) is 0. The van der Waals surface area contributed by atoms with E-state index in [2.05, 4.69) is 51.9 Å². The summed E-state index contributed by atoms with van der Waals surface area (Å²) in [6.45, 7) is 0.943. The summed E-state index contributed by atoms with van der Waals surface area (Å²) in [5.74, 6) is 3.17. The topological polar surface area (TPSA) is 42.2 Å². The van der Waals surface area contributed by atoms with Crippen molar-refractivity contribution in [3.63, 3.8) is 0 Å². The van der Waals surface area contributed by atoms with Crippen molar-refractivity contribution in [1.82, 2.24) is 14.6 Å². The lowest BCUT2D eigenvalue weighted by Gasteiger charge is -2.09. The van der Waals surface area contributed by atoms with Crippen molar-refractivity contribution >= 4 is 22.9 Å². The Hall–Kier alpha value is -2.07. The Labute approximate surface area is 152 Å². The Morgan fingerprint density at radius 3 is 2.76 bits per heavy atom. The lowest BCUT2D eigenvalue weighted by molar-refractivity contribution is 0.758. The van der Waals surface area contributed by atoms with E-state index in [0.717, 1.165) is 36.0 Å². The van der Waals surface area contributed by atoms with Crippen molar-refractivity contribution in [1.29, 1.82) is 0 Å². The van der Waals surface area contributed by atoms with Gasteiger partial charge < -0.3 is 5.32 Å². The molecule has 0 amide bonds. The average molecular weight is 353 g/mol. The number of aromatic nitrogens is 3. The van der Waals surface area contributed by atoms with Gasteiger partial charge in [0.15, 0.2) is 5.65 Å². The summed E-state index contributed by atoms with van der Waals surface area (Å²) in [6, 6.07) is 12.8. The molecule has 2 saturated carbocycles. The molecular formula is C20H21ClN4. The van der Waals surface area contributed by atoms with Gasteiger partial charge in [0.1, 0.15) is 10.8 Å². The normalized spacial score (nSPS) is 22.3. The van der Waals surface area contributed by atoms with E-state index < -0.39 is 0 Å². The quantitative estimate of drug-likeness (QED) is 0.707. The van der Waals surface area contributed by atoms with Crippen LogP contribution in [0.5, 0.6) is 0 Å². The molecule has 0 radical (unpaired) electrons. The summed E-state index contributed by atoms with van der Waals surface area (Å²) >= 11 is 6.58. The predicted octanol–water partition coefficient (Wildman–Crippen LogP) is 4.55. The smallest absolute Gasteiger partial charge is 0.181 e. The lowest BCUT2D eigenvalue weighted by Crippen LogP contribution is -2.06. The van der Waals surface area contributed by atoms with Crippen LogP contribution < -0.4 is 5.32 Å². The maximum absolute atomic E-state index is 6.58. The van der Waals surface area contributed by atoms with Gasteiger partial charge in [-0.1, -0.05) is 41.9 Å². The number of hydrogen-bond acceptors (Lipinski definition) is 3. The van der Waals surface area contributed by atoms with Crippen molar-refractivity contribution in [2.45, 2.75) is 31.6 Å². The van der Waals surface area contributed by atoms with E-state index in [-0.39, 0.29) is 0 Å². The van der Waals surface area contributed by atoms with E-state index in [4.69, 9.17) is 11.6 Å². The third kappa shape index (κ3) is 2.99. The average Bonchev–Trinajstić information content (AvgIpc) is 3.55. The lowest BCUT2D eigenvalue weighted by atomic mass is 10.1. The Balaban J connectivity index is 1.28. The molecule has 1 N–H and O–H groups in total. The number of hydrogen-bond donors (Lipinski definition) is 1. The van der Waals surface area contributed by atoms with Crippen LogP contribution in [0.2, 0.25) is 5.02 Å². The first-order valence-electron chi connectivity index (χ1n) is 9.10.